The zero-order chi connectivity index (χ0) is 47.9. The Labute approximate surface area is 407 Å². The average molecular weight is 917 g/mol. The Morgan fingerprint density at radius 1 is 0.318 bits per heavy atom. The molecule has 0 aliphatic carbocycles. The molecule has 0 aromatic carbocycles. The van der Waals surface area contributed by atoms with Crippen LogP contribution in [0, 0.1) is 0 Å². The maximum atomic E-state index is 12.8. The van der Waals surface area contributed by atoms with Crippen LogP contribution in [0.1, 0.15) is 245 Å². The summed E-state index contributed by atoms with van der Waals surface area (Å²) >= 11 is 0. The van der Waals surface area contributed by atoms with Gasteiger partial charge in [0.2, 0.25) is 0 Å². The summed E-state index contributed by atoms with van der Waals surface area (Å²) in [6.45, 7) is 6.41. The Bertz CT molecular complexity index is 1330. The van der Waals surface area contributed by atoms with E-state index in [2.05, 4.69) is 118 Å². The first-order valence-electron chi connectivity index (χ1n) is 27.2. The number of unbranched alkanes of at least 4 members (excludes halogenated alkanes) is 21. The molecular formula is C60H100O6. The summed E-state index contributed by atoms with van der Waals surface area (Å²) in [7, 11) is 0. The quantitative estimate of drug-likeness (QED) is 0.0262. The summed E-state index contributed by atoms with van der Waals surface area (Å²) in [5, 5.41) is 0. The maximum absolute atomic E-state index is 12.8. The first-order valence-corrected chi connectivity index (χ1v) is 27.2. The van der Waals surface area contributed by atoms with E-state index in [0.29, 0.717) is 19.3 Å². The lowest BCUT2D eigenvalue weighted by atomic mass is 10.1. The molecule has 66 heavy (non-hydrogen) atoms. The first kappa shape index (κ1) is 62.3. The van der Waals surface area contributed by atoms with E-state index in [-0.39, 0.29) is 31.1 Å². The zero-order valence-corrected chi connectivity index (χ0v) is 42.9. The molecule has 0 bridgehead atoms. The van der Waals surface area contributed by atoms with Crippen molar-refractivity contribution in [1.82, 2.24) is 0 Å². The van der Waals surface area contributed by atoms with Crippen LogP contribution in [0.2, 0.25) is 0 Å². The Morgan fingerprint density at radius 3 is 0.955 bits per heavy atom. The second kappa shape index (κ2) is 53.9. The lowest BCUT2D eigenvalue weighted by molar-refractivity contribution is -0.167. The number of ether oxygens (including phenoxy) is 3. The molecule has 0 rings (SSSR count). The molecule has 0 radical (unpaired) electrons. The number of carbonyl (C=O) groups excluding carboxylic acids is 3. The van der Waals surface area contributed by atoms with E-state index >= 15 is 0 Å². The molecule has 1 atom stereocenters. The second-order valence-electron chi connectivity index (χ2n) is 17.8. The summed E-state index contributed by atoms with van der Waals surface area (Å²) in [6.07, 6.45) is 71.4. The lowest BCUT2D eigenvalue weighted by Gasteiger charge is -2.18. The lowest BCUT2D eigenvalue weighted by Crippen LogP contribution is -2.30. The van der Waals surface area contributed by atoms with Crippen LogP contribution >= 0.6 is 0 Å². The van der Waals surface area contributed by atoms with Crippen molar-refractivity contribution in [3.63, 3.8) is 0 Å². The Morgan fingerprint density at radius 2 is 0.591 bits per heavy atom. The highest BCUT2D eigenvalue weighted by Gasteiger charge is 2.19. The molecule has 376 valence electrons. The highest BCUT2D eigenvalue weighted by atomic mass is 16.6. The van der Waals surface area contributed by atoms with Crippen molar-refractivity contribution in [3.8, 4) is 0 Å². The van der Waals surface area contributed by atoms with Gasteiger partial charge in [0.05, 0.1) is 0 Å². The fraction of sp³-hybridized carbons (Fsp3) is 0.683. The third-order valence-electron chi connectivity index (χ3n) is 11.3. The van der Waals surface area contributed by atoms with Crippen molar-refractivity contribution < 1.29 is 28.6 Å². The smallest absolute Gasteiger partial charge is 0.306 e. The average Bonchev–Trinajstić information content (AvgIpc) is 3.31. The van der Waals surface area contributed by atoms with Crippen LogP contribution in [-0.4, -0.2) is 37.2 Å². The van der Waals surface area contributed by atoms with Crippen molar-refractivity contribution in [1.29, 1.82) is 0 Å². The Hall–Kier alpha value is -3.67. The van der Waals surface area contributed by atoms with Gasteiger partial charge >= 0.3 is 17.9 Å². The first-order chi connectivity index (χ1) is 32.5. The van der Waals surface area contributed by atoms with Gasteiger partial charge in [-0.1, -0.05) is 221 Å². The predicted molar refractivity (Wildman–Crippen MR) is 284 cm³/mol. The molecule has 0 aromatic heterocycles. The monoisotopic (exact) mass is 917 g/mol. The minimum absolute atomic E-state index is 0.0939. The minimum Gasteiger partial charge on any atom is -0.462 e. The van der Waals surface area contributed by atoms with Crippen LogP contribution in [0.4, 0.5) is 0 Å². The highest BCUT2D eigenvalue weighted by Crippen LogP contribution is 2.14. The number of allylic oxidation sites excluding steroid dienone is 16. The zero-order valence-electron chi connectivity index (χ0n) is 42.9. The van der Waals surface area contributed by atoms with E-state index in [1.807, 2.05) is 0 Å². The Kier molecular flexibility index (Phi) is 50.9. The van der Waals surface area contributed by atoms with Crippen LogP contribution in [0.3, 0.4) is 0 Å². The van der Waals surface area contributed by atoms with Crippen LogP contribution in [0.25, 0.3) is 0 Å². The van der Waals surface area contributed by atoms with Crippen LogP contribution in [0.15, 0.2) is 97.2 Å². The molecule has 6 heteroatoms. The molecule has 0 aliphatic rings. The highest BCUT2D eigenvalue weighted by molar-refractivity contribution is 5.71. The number of carbonyl (C=O) groups is 3. The van der Waals surface area contributed by atoms with Crippen molar-refractivity contribution in [2.75, 3.05) is 13.2 Å². The molecular weight excluding hydrogens is 817 g/mol. The topological polar surface area (TPSA) is 78.9 Å². The van der Waals surface area contributed by atoms with Crippen molar-refractivity contribution in [2.45, 2.75) is 252 Å². The van der Waals surface area contributed by atoms with E-state index in [9.17, 15) is 14.4 Å². The van der Waals surface area contributed by atoms with Gasteiger partial charge in [0.15, 0.2) is 6.10 Å². The summed E-state index contributed by atoms with van der Waals surface area (Å²) in [5.41, 5.74) is 0. The fourth-order valence-electron chi connectivity index (χ4n) is 7.24. The van der Waals surface area contributed by atoms with Crippen LogP contribution < -0.4 is 0 Å². The van der Waals surface area contributed by atoms with Gasteiger partial charge in [0.25, 0.3) is 0 Å². The summed E-state index contributed by atoms with van der Waals surface area (Å²) < 4.78 is 16.7. The second-order valence-corrected chi connectivity index (χ2v) is 17.8. The van der Waals surface area contributed by atoms with E-state index in [4.69, 9.17) is 14.2 Å². The number of esters is 3. The third-order valence-corrected chi connectivity index (χ3v) is 11.3. The van der Waals surface area contributed by atoms with Crippen molar-refractivity contribution in [2.24, 2.45) is 0 Å². The minimum atomic E-state index is -0.795. The molecule has 1 unspecified atom stereocenters. The van der Waals surface area contributed by atoms with Gasteiger partial charge in [-0.2, -0.15) is 0 Å². The van der Waals surface area contributed by atoms with E-state index < -0.39 is 6.10 Å². The number of hydrogen-bond acceptors (Lipinski definition) is 6. The number of hydrogen-bond donors (Lipinski definition) is 0. The molecule has 0 saturated carbocycles. The van der Waals surface area contributed by atoms with Crippen LogP contribution in [0.5, 0.6) is 0 Å². The molecule has 0 spiro atoms. The summed E-state index contributed by atoms with van der Waals surface area (Å²) in [5.74, 6) is -0.954. The Balaban J connectivity index is 4.28. The van der Waals surface area contributed by atoms with Gasteiger partial charge < -0.3 is 14.2 Å². The molecule has 0 aromatic rings. The molecule has 0 fully saturated rings. The molecule has 0 amide bonds. The van der Waals surface area contributed by atoms with Crippen molar-refractivity contribution >= 4 is 17.9 Å². The fourth-order valence-corrected chi connectivity index (χ4v) is 7.24. The largest absolute Gasteiger partial charge is 0.462 e. The molecule has 0 heterocycles. The van der Waals surface area contributed by atoms with E-state index in [1.165, 1.54) is 103 Å². The van der Waals surface area contributed by atoms with Crippen LogP contribution in [-0.2, 0) is 28.6 Å². The standard InChI is InChI=1S/C60H100O6/c1-4-7-10-13-16-18-20-22-24-26-28-30-32-34-36-38-40-42-44-47-50-53-59(62)65-56-57(55-64-58(61)52-49-46-15-12-9-6-3)66-60(63)54-51-48-45-43-41-39-37-35-33-31-29-27-25-23-21-19-17-14-11-8-5-2/h7,10,16,18,21-24,27-30,34,36,40,42,57H,4-6,8-9,11-15,17,19-20,25-26,31-33,35,37-39,41,43-56H2,1-3H3/b10-7-,18-16-,23-21-,24-22-,29-27-,30-28-,36-34-,42-40-. The maximum Gasteiger partial charge on any atom is 0.306 e. The SMILES string of the molecule is CC/C=C\C/C=C\C/C=C\C/C=C\C/C=C\C/C=C\CCCCC(=O)OCC(COC(=O)CCCCCCCC)OC(=O)CCCCCCCCCCC/C=C\C/C=C\CCCCCCC. The van der Waals surface area contributed by atoms with Gasteiger partial charge in [-0.3, -0.25) is 14.4 Å². The van der Waals surface area contributed by atoms with Crippen molar-refractivity contribution in [3.05, 3.63) is 97.2 Å². The van der Waals surface area contributed by atoms with Gasteiger partial charge in [-0.15, -0.1) is 0 Å². The molecule has 0 N–H and O–H groups in total. The summed E-state index contributed by atoms with van der Waals surface area (Å²) in [6, 6.07) is 0. The normalized spacial score (nSPS) is 12.8. The van der Waals surface area contributed by atoms with Gasteiger partial charge in [0.1, 0.15) is 13.2 Å². The van der Waals surface area contributed by atoms with Gasteiger partial charge in [0, 0.05) is 19.3 Å². The summed E-state index contributed by atoms with van der Waals surface area (Å²) in [4.78, 5) is 37.8. The molecule has 6 nitrogen and oxygen atoms in total. The van der Waals surface area contributed by atoms with E-state index in [0.717, 1.165) is 103 Å². The molecule has 0 aliphatic heterocycles. The predicted octanol–water partition coefficient (Wildman–Crippen LogP) is 18.1. The third kappa shape index (κ3) is 51.3. The van der Waals surface area contributed by atoms with Gasteiger partial charge in [-0.25, -0.2) is 0 Å². The molecule has 0 saturated heterocycles. The van der Waals surface area contributed by atoms with E-state index in [1.54, 1.807) is 0 Å². The van der Waals surface area contributed by atoms with Gasteiger partial charge in [-0.05, 0) is 103 Å². The number of rotatable bonds is 48.